The molecule has 2 heteroatoms. The van der Waals surface area contributed by atoms with Gasteiger partial charge in [-0.15, -0.1) is 0 Å². The quantitative estimate of drug-likeness (QED) is 0.348. The van der Waals surface area contributed by atoms with Gasteiger partial charge in [-0.3, -0.25) is 4.79 Å². The standard InChI is InChI=1S/C25H25NO/c1-20-10-8-13-21(18-20)14-9-17-26-25(27)24(23-15-6-3-7-16-23)19-22-11-4-2-5-12-22/h2-8,10-13,15-16,18-19H,9,14,17H2,1H3,(H,26,27)/b24-19+. The zero-order chi connectivity index (χ0) is 18.9. The molecule has 0 atom stereocenters. The van der Waals surface area contributed by atoms with Crippen molar-refractivity contribution in [3.8, 4) is 0 Å². The second kappa shape index (κ2) is 9.54. The second-order valence-electron chi connectivity index (χ2n) is 6.68. The number of hydrogen-bond acceptors (Lipinski definition) is 1. The molecule has 3 aromatic rings. The second-order valence-corrected chi connectivity index (χ2v) is 6.68. The first-order chi connectivity index (χ1) is 13.2. The van der Waals surface area contributed by atoms with Gasteiger partial charge in [-0.1, -0.05) is 90.5 Å². The van der Waals surface area contributed by atoms with Crippen LogP contribution in [-0.4, -0.2) is 12.5 Å². The number of hydrogen-bond donors (Lipinski definition) is 1. The zero-order valence-corrected chi connectivity index (χ0v) is 15.7. The molecule has 0 aliphatic rings. The lowest BCUT2D eigenvalue weighted by atomic mass is 10.0. The molecule has 3 rings (SSSR count). The van der Waals surface area contributed by atoms with Crippen molar-refractivity contribution in [2.45, 2.75) is 19.8 Å². The fraction of sp³-hybridized carbons (Fsp3) is 0.160. The van der Waals surface area contributed by atoms with Crippen LogP contribution in [0.15, 0.2) is 84.9 Å². The minimum Gasteiger partial charge on any atom is -0.352 e. The molecule has 27 heavy (non-hydrogen) atoms. The molecule has 0 aliphatic heterocycles. The van der Waals surface area contributed by atoms with Crippen LogP contribution in [0, 0.1) is 6.92 Å². The van der Waals surface area contributed by atoms with Gasteiger partial charge in [-0.25, -0.2) is 0 Å². The van der Waals surface area contributed by atoms with Crippen LogP contribution in [0.25, 0.3) is 11.6 Å². The van der Waals surface area contributed by atoms with E-state index < -0.39 is 0 Å². The summed E-state index contributed by atoms with van der Waals surface area (Å²) in [6, 6.07) is 28.3. The summed E-state index contributed by atoms with van der Waals surface area (Å²) >= 11 is 0. The van der Waals surface area contributed by atoms with Crippen LogP contribution in [-0.2, 0) is 11.2 Å². The molecule has 0 saturated heterocycles. The molecule has 0 heterocycles. The number of aryl methyl sites for hydroxylation is 2. The third-order valence-corrected chi connectivity index (χ3v) is 4.45. The third kappa shape index (κ3) is 5.68. The van der Waals surface area contributed by atoms with Gasteiger partial charge in [-0.2, -0.15) is 0 Å². The maximum absolute atomic E-state index is 12.8. The van der Waals surface area contributed by atoms with Crippen LogP contribution in [0.5, 0.6) is 0 Å². The summed E-state index contributed by atoms with van der Waals surface area (Å²) in [5.41, 5.74) is 5.22. The van der Waals surface area contributed by atoms with Crippen molar-refractivity contribution in [3.63, 3.8) is 0 Å². The summed E-state index contributed by atoms with van der Waals surface area (Å²) < 4.78 is 0. The summed E-state index contributed by atoms with van der Waals surface area (Å²) in [5.74, 6) is -0.0331. The summed E-state index contributed by atoms with van der Waals surface area (Å²) in [6.07, 6.45) is 3.83. The van der Waals surface area contributed by atoms with E-state index in [1.807, 2.05) is 66.7 Å². The fourth-order valence-corrected chi connectivity index (χ4v) is 3.07. The van der Waals surface area contributed by atoms with Crippen molar-refractivity contribution < 1.29 is 4.79 Å². The molecule has 0 radical (unpaired) electrons. The Kier molecular flexibility index (Phi) is 6.59. The van der Waals surface area contributed by atoms with E-state index in [0.29, 0.717) is 12.1 Å². The van der Waals surface area contributed by atoms with Crippen molar-refractivity contribution in [2.75, 3.05) is 6.54 Å². The predicted molar refractivity (Wildman–Crippen MR) is 113 cm³/mol. The van der Waals surface area contributed by atoms with Crippen LogP contribution in [0.4, 0.5) is 0 Å². The van der Waals surface area contributed by atoms with E-state index >= 15 is 0 Å². The largest absolute Gasteiger partial charge is 0.352 e. The smallest absolute Gasteiger partial charge is 0.251 e. The number of rotatable bonds is 7. The highest BCUT2D eigenvalue weighted by atomic mass is 16.1. The highest BCUT2D eigenvalue weighted by molar-refractivity contribution is 6.24. The van der Waals surface area contributed by atoms with Crippen molar-refractivity contribution in [1.29, 1.82) is 0 Å². The van der Waals surface area contributed by atoms with Gasteiger partial charge in [0.25, 0.3) is 5.91 Å². The lowest BCUT2D eigenvalue weighted by molar-refractivity contribution is -0.115. The van der Waals surface area contributed by atoms with Gasteiger partial charge in [0.05, 0.1) is 0 Å². The average molecular weight is 355 g/mol. The molecular formula is C25H25NO. The monoisotopic (exact) mass is 355 g/mol. The van der Waals surface area contributed by atoms with E-state index in [4.69, 9.17) is 0 Å². The summed E-state index contributed by atoms with van der Waals surface area (Å²) in [4.78, 5) is 12.8. The Morgan fingerprint density at radius 1 is 0.889 bits per heavy atom. The van der Waals surface area contributed by atoms with Crippen LogP contribution < -0.4 is 5.32 Å². The number of carbonyl (C=O) groups excluding carboxylic acids is 1. The van der Waals surface area contributed by atoms with E-state index in [0.717, 1.165) is 24.0 Å². The lowest BCUT2D eigenvalue weighted by Crippen LogP contribution is -2.25. The Hall–Kier alpha value is -3.13. The number of amides is 1. The number of benzene rings is 3. The lowest BCUT2D eigenvalue weighted by Gasteiger charge is -2.10. The van der Waals surface area contributed by atoms with Gasteiger partial charge in [0.15, 0.2) is 0 Å². The molecule has 3 aromatic carbocycles. The summed E-state index contributed by atoms with van der Waals surface area (Å²) in [5, 5.41) is 3.08. The van der Waals surface area contributed by atoms with Crippen molar-refractivity contribution in [2.24, 2.45) is 0 Å². The Morgan fingerprint density at radius 2 is 1.59 bits per heavy atom. The van der Waals surface area contributed by atoms with Gasteiger partial charge in [0.1, 0.15) is 0 Å². The Bertz CT molecular complexity index is 898. The maximum atomic E-state index is 12.8. The molecule has 1 amide bonds. The molecular weight excluding hydrogens is 330 g/mol. The van der Waals surface area contributed by atoms with Crippen LogP contribution >= 0.6 is 0 Å². The Balaban J connectivity index is 1.65. The molecule has 0 saturated carbocycles. The van der Waals surface area contributed by atoms with Gasteiger partial charge in [0, 0.05) is 12.1 Å². The van der Waals surface area contributed by atoms with Gasteiger partial charge in [0.2, 0.25) is 0 Å². The first-order valence-electron chi connectivity index (χ1n) is 9.38. The molecule has 0 unspecified atom stereocenters. The SMILES string of the molecule is Cc1cccc(CCCNC(=O)/C(=C/c2ccccc2)c2ccccc2)c1. The normalized spacial score (nSPS) is 11.2. The maximum Gasteiger partial charge on any atom is 0.251 e. The summed E-state index contributed by atoms with van der Waals surface area (Å²) in [7, 11) is 0. The van der Waals surface area contributed by atoms with Gasteiger partial charge >= 0.3 is 0 Å². The minimum atomic E-state index is -0.0331. The van der Waals surface area contributed by atoms with Crippen molar-refractivity contribution in [1.82, 2.24) is 5.32 Å². The Labute approximate surface area is 161 Å². The predicted octanol–water partition coefficient (Wildman–Crippen LogP) is 5.28. The molecule has 0 bridgehead atoms. The Morgan fingerprint density at radius 3 is 2.30 bits per heavy atom. The highest BCUT2D eigenvalue weighted by Crippen LogP contribution is 2.18. The minimum absolute atomic E-state index is 0.0331. The van der Waals surface area contributed by atoms with Crippen LogP contribution in [0.3, 0.4) is 0 Å². The molecule has 0 fully saturated rings. The van der Waals surface area contributed by atoms with E-state index in [1.54, 1.807) is 0 Å². The van der Waals surface area contributed by atoms with E-state index in [-0.39, 0.29) is 5.91 Å². The van der Waals surface area contributed by atoms with E-state index in [2.05, 4.69) is 36.5 Å². The average Bonchev–Trinajstić information content (AvgIpc) is 2.71. The van der Waals surface area contributed by atoms with E-state index in [9.17, 15) is 4.79 Å². The molecule has 136 valence electrons. The van der Waals surface area contributed by atoms with Crippen molar-refractivity contribution in [3.05, 3.63) is 107 Å². The van der Waals surface area contributed by atoms with E-state index in [1.165, 1.54) is 11.1 Å². The third-order valence-electron chi connectivity index (χ3n) is 4.45. The molecule has 0 spiro atoms. The molecule has 1 N–H and O–H groups in total. The summed E-state index contributed by atoms with van der Waals surface area (Å²) in [6.45, 7) is 2.76. The van der Waals surface area contributed by atoms with Crippen LogP contribution in [0.2, 0.25) is 0 Å². The fourth-order valence-electron chi connectivity index (χ4n) is 3.07. The van der Waals surface area contributed by atoms with Gasteiger partial charge in [-0.05, 0) is 42.5 Å². The number of carbonyl (C=O) groups is 1. The zero-order valence-electron chi connectivity index (χ0n) is 15.7. The number of nitrogens with one attached hydrogen (secondary N) is 1. The van der Waals surface area contributed by atoms with Crippen LogP contribution in [0.1, 0.15) is 28.7 Å². The van der Waals surface area contributed by atoms with Crippen molar-refractivity contribution >= 4 is 17.6 Å². The highest BCUT2D eigenvalue weighted by Gasteiger charge is 2.11. The molecule has 0 aliphatic carbocycles. The van der Waals surface area contributed by atoms with Gasteiger partial charge < -0.3 is 5.32 Å². The molecule has 0 aromatic heterocycles. The topological polar surface area (TPSA) is 29.1 Å². The molecule has 2 nitrogen and oxygen atoms in total. The first-order valence-corrected chi connectivity index (χ1v) is 9.38. The first kappa shape index (κ1) is 18.7.